The molecule has 0 aliphatic carbocycles. The minimum absolute atomic E-state index is 0.367. The van der Waals surface area contributed by atoms with E-state index in [0.717, 1.165) is 0 Å². The van der Waals surface area contributed by atoms with Crippen molar-refractivity contribution < 1.29 is 9.09 Å². The molecular formula is C3H9NO2P+. The molecule has 0 saturated carbocycles. The first-order chi connectivity index (χ1) is 3.27. The molecule has 3 nitrogen and oxygen atoms in total. The van der Waals surface area contributed by atoms with Gasteiger partial charge in [0.1, 0.15) is 0 Å². The van der Waals surface area contributed by atoms with Gasteiger partial charge in [0, 0.05) is 0 Å². The van der Waals surface area contributed by atoms with Crippen LogP contribution in [0.4, 0.5) is 0 Å². The van der Waals surface area contributed by atoms with Crippen LogP contribution in [0.5, 0.6) is 0 Å². The summed E-state index contributed by atoms with van der Waals surface area (Å²) in [6.07, 6.45) is 0. The van der Waals surface area contributed by atoms with Gasteiger partial charge < -0.3 is 0 Å². The molecule has 0 aromatic rings. The highest BCUT2D eigenvalue weighted by Crippen LogP contribution is 2.12. The molecule has 0 fully saturated rings. The Bertz CT molecular complexity index is 66.0. The van der Waals surface area contributed by atoms with E-state index in [0.29, 0.717) is 6.73 Å². The topological polar surface area (TPSA) is 38.3 Å². The lowest BCUT2D eigenvalue weighted by Gasteiger charge is -1.82. The number of hydrogen-bond acceptors (Lipinski definition) is 3. The average Bonchev–Trinajstić information content (AvgIpc) is 1.61. The molecule has 42 valence electrons. The summed E-state index contributed by atoms with van der Waals surface area (Å²) in [7, 11) is 0.316. The number of rotatable bonds is 3. The molecule has 1 N–H and O–H groups in total. The van der Waals surface area contributed by atoms with E-state index < -0.39 is 8.03 Å². The van der Waals surface area contributed by atoms with Gasteiger partial charge in [-0.15, -0.1) is 4.52 Å². The first-order valence-electron chi connectivity index (χ1n) is 1.95. The molecule has 7 heavy (non-hydrogen) atoms. The molecule has 0 aromatic heterocycles. The maximum Gasteiger partial charge on any atom is 0.506 e. The molecule has 1 atom stereocenters. The smallest absolute Gasteiger partial charge is 0.294 e. The van der Waals surface area contributed by atoms with Crippen LogP contribution in [0, 0.1) is 0 Å². The Morgan fingerprint density at radius 2 is 2.43 bits per heavy atom. The maximum absolute atomic E-state index is 10.1. The number of hydrogen-bond donors (Lipinski definition) is 1. The summed E-state index contributed by atoms with van der Waals surface area (Å²) in [5.74, 6) is 0. The Labute approximate surface area is 43.9 Å². The van der Waals surface area contributed by atoms with Crippen molar-refractivity contribution in [1.82, 2.24) is 5.32 Å². The molecule has 0 saturated heterocycles. The van der Waals surface area contributed by atoms with E-state index in [1.807, 2.05) is 0 Å². The zero-order chi connectivity index (χ0) is 5.70. The van der Waals surface area contributed by atoms with Gasteiger partial charge in [-0.2, -0.15) is 0 Å². The SMILES string of the molecule is CNCO[P+](C)=O. The third-order valence-electron chi connectivity index (χ3n) is 0.391. The lowest BCUT2D eigenvalue weighted by atomic mass is 11.2. The molecule has 0 heterocycles. The third kappa shape index (κ3) is 6.02. The van der Waals surface area contributed by atoms with Gasteiger partial charge in [-0.25, -0.2) is 0 Å². The zero-order valence-corrected chi connectivity index (χ0v) is 5.37. The second-order valence-electron chi connectivity index (χ2n) is 1.07. The summed E-state index contributed by atoms with van der Waals surface area (Å²) in [6.45, 7) is 1.89. The molecular weight excluding hydrogens is 113 g/mol. The third-order valence-corrected chi connectivity index (χ3v) is 0.883. The van der Waals surface area contributed by atoms with Crippen LogP contribution in [0.3, 0.4) is 0 Å². The van der Waals surface area contributed by atoms with Crippen LogP contribution in [0.15, 0.2) is 0 Å². The summed E-state index contributed by atoms with van der Waals surface area (Å²) in [5.41, 5.74) is 0. The Balaban J connectivity index is 2.82. The fraction of sp³-hybridized carbons (Fsp3) is 1.00. The van der Waals surface area contributed by atoms with E-state index in [-0.39, 0.29) is 0 Å². The van der Waals surface area contributed by atoms with E-state index in [1.54, 1.807) is 7.05 Å². The Morgan fingerprint density at radius 1 is 1.86 bits per heavy atom. The van der Waals surface area contributed by atoms with Crippen molar-refractivity contribution in [2.45, 2.75) is 0 Å². The highest BCUT2D eigenvalue weighted by molar-refractivity contribution is 7.38. The van der Waals surface area contributed by atoms with Crippen LogP contribution in [-0.2, 0) is 9.09 Å². The number of nitrogens with one attached hydrogen (secondary N) is 1. The lowest BCUT2D eigenvalue weighted by molar-refractivity contribution is 0.311. The van der Waals surface area contributed by atoms with E-state index in [2.05, 4.69) is 9.84 Å². The van der Waals surface area contributed by atoms with Gasteiger partial charge in [0.15, 0.2) is 13.4 Å². The van der Waals surface area contributed by atoms with Gasteiger partial charge in [-0.3, -0.25) is 5.32 Å². The van der Waals surface area contributed by atoms with Crippen molar-refractivity contribution >= 4 is 8.03 Å². The van der Waals surface area contributed by atoms with E-state index in [4.69, 9.17) is 0 Å². The van der Waals surface area contributed by atoms with Crippen LogP contribution in [0.25, 0.3) is 0 Å². The molecule has 0 amide bonds. The van der Waals surface area contributed by atoms with Crippen molar-refractivity contribution in [2.24, 2.45) is 0 Å². The minimum atomic E-state index is -1.42. The van der Waals surface area contributed by atoms with Crippen LogP contribution in [0.2, 0.25) is 0 Å². The van der Waals surface area contributed by atoms with Gasteiger partial charge in [-0.05, 0) is 11.6 Å². The first kappa shape index (κ1) is 7.02. The van der Waals surface area contributed by atoms with E-state index in [9.17, 15) is 4.57 Å². The largest absolute Gasteiger partial charge is 0.506 e. The summed E-state index contributed by atoms with van der Waals surface area (Å²) in [5, 5.41) is 2.69. The first-order valence-corrected chi connectivity index (χ1v) is 3.58. The standard InChI is InChI=1S/C3H9NO2P/c1-4-3-6-7(2)5/h4H,3H2,1-2H3/q+1. The van der Waals surface area contributed by atoms with Crippen LogP contribution in [0.1, 0.15) is 0 Å². The molecule has 0 radical (unpaired) electrons. The molecule has 4 heteroatoms. The second-order valence-corrected chi connectivity index (χ2v) is 2.20. The highest BCUT2D eigenvalue weighted by Gasteiger charge is 2.02. The quantitative estimate of drug-likeness (QED) is 0.439. The van der Waals surface area contributed by atoms with E-state index >= 15 is 0 Å². The van der Waals surface area contributed by atoms with Crippen molar-refractivity contribution in [3.63, 3.8) is 0 Å². The van der Waals surface area contributed by atoms with Gasteiger partial charge in [0.05, 0.1) is 0 Å². The fourth-order valence-electron chi connectivity index (χ4n) is 0.155. The van der Waals surface area contributed by atoms with Crippen molar-refractivity contribution in [2.75, 3.05) is 20.4 Å². The van der Waals surface area contributed by atoms with E-state index in [1.165, 1.54) is 6.66 Å². The monoisotopic (exact) mass is 122 g/mol. The maximum atomic E-state index is 10.1. The van der Waals surface area contributed by atoms with Crippen molar-refractivity contribution in [1.29, 1.82) is 0 Å². The Hall–Kier alpha value is 0.0200. The van der Waals surface area contributed by atoms with Gasteiger partial charge in [0.25, 0.3) is 0 Å². The highest BCUT2D eigenvalue weighted by atomic mass is 31.1. The molecule has 0 rings (SSSR count). The second kappa shape index (κ2) is 4.19. The summed E-state index contributed by atoms with van der Waals surface area (Å²) < 4.78 is 14.7. The molecule has 0 aromatic carbocycles. The molecule has 0 aliphatic rings. The molecule has 1 unspecified atom stereocenters. The van der Waals surface area contributed by atoms with Crippen molar-refractivity contribution in [3.8, 4) is 0 Å². The average molecular weight is 122 g/mol. The Morgan fingerprint density at radius 3 is 2.57 bits per heavy atom. The molecule has 0 aliphatic heterocycles. The summed E-state index contributed by atoms with van der Waals surface area (Å²) in [4.78, 5) is 0. The fourth-order valence-corrected chi connectivity index (χ4v) is 0.466. The van der Waals surface area contributed by atoms with Crippen LogP contribution < -0.4 is 5.32 Å². The minimum Gasteiger partial charge on any atom is -0.294 e. The summed E-state index contributed by atoms with van der Waals surface area (Å²) in [6, 6.07) is 0. The van der Waals surface area contributed by atoms with Gasteiger partial charge in [0.2, 0.25) is 0 Å². The summed E-state index contributed by atoms with van der Waals surface area (Å²) >= 11 is 0. The Kier molecular flexibility index (Phi) is 4.20. The van der Waals surface area contributed by atoms with Crippen molar-refractivity contribution in [3.05, 3.63) is 0 Å². The van der Waals surface area contributed by atoms with Gasteiger partial charge in [-0.1, -0.05) is 0 Å². The van der Waals surface area contributed by atoms with Crippen LogP contribution >= 0.6 is 8.03 Å². The molecule has 0 spiro atoms. The normalized spacial score (nSPS) is 11.4. The van der Waals surface area contributed by atoms with Crippen LogP contribution in [-0.4, -0.2) is 20.4 Å². The lowest BCUT2D eigenvalue weighted by Crippen LogP contribution is -2.07. The zero-order valence-electron chi connectivity index (χ0n) is 4.47. The predicted molar refractivity (Wildman–Crippen MR) is 28.5 cm³/mol. The van der Waals surface area contributed by atoms with Gasteiger partial charge >= 0.3 is 8.03 Å². The predicted octanol–water partition coefficient (Wildman–Crippen LogP) is 0.552. The molecule has 0 bridgehead atoms.